The molecule has 0 spiro atoms. The maximum Gasteiger partial charge on any atom is 0.416 e. The van der Waals surface area contributed by atoms with Gasteiger partial charge < -0.3 is 23.8 Å². The average Bonchev–Trinajstić information content (AvgIpc) is 2.82. The quantitative estimate of drug-likeness (QED) is 0.303. The number of hydrogen-bond acceptors (Lipinski definition) is 6. The van der Waals surface area contributed by atoms with Crippen molar-refractivity contribution in [1.29, 1.82) is 0 Å². The van der Waals surface area contributed by atoms with E-state index in [0.29, 0.717) is 5.56 Å². The lowest BCUT2D eigenvalue weighted by Crippen LogP contribution is -2.59. The first-order chi connectivity index (χ1) is 16.3. The Morgan fingerprint density at radius 1 is 0.765 bits per heavy atom. The van der Waals surface area contributed by atoms with E-state index < -0.39 is 24.1 Å². The van der Waals surface area contributed by atoms with Crippen LogP contribution < -0.4 is 0 Å². The minimum Gasteiger partial charge on any atom is -0.376 e. The van der Waals surface area contributed by atoms with Gasteiger partial charge in [-0.05, 0) is 35.7 Å². The van der Waals surface area contributed by atoms with Crippen LogP contribution in [0.4, 0.5) is 13.2 Å². The van der Waals surface area contributed by atoms with Gasteiger partial charge in [-0.25, -0.2) is 0 Å². The fourth-order valence-corrected chi connectivity index (χ4v) is 3.72. The third kappa shape index (κ3) is 6.44. The van der Waals surface area contributed by atoms with Crippen LogP contribution in [0.3, 0.4) is 0 Å². The predicted molar refractivity (Wildman–Crippen MR) is 122 cm³/mol. The molecule has 34 heavy (non-hydrogen) atoms. The number of halogens is 3. The van der Waals surface area contributed by atoms with Gasteiger partial charge in [0.15, 0.2) is 6.10 Å². The number of benzene rings is 2. The van der Waals surface area contributed by atoms with Gasteiger partial charge in [0.05, 0.1) is 17.9 Å². The van der Waals surface area contributed by atoms with Crippen LogP contribution in [0.2, 0.25) is 0 Å². The molecule has 184 valence electrons. The molecule has 1 saturated heterocycles. The van der Waals surface area contributed by atoms with Crippen molar-refractivity contribution in [2.45, 2.75) is 43.8 Å². The summed E-state index contributed by atoms with van der Waals surface area (Å²) >= 11 is 0. The summed E-state index contributed by atoms with van der Waals surface area (Å²) in [6, 6.07) is 12.4. The largest absolute Gasteiger partial charge is 0.416 e. The van der Waals surface area contributed by atoms with Crippen molar-refractivity contribution in [3.05, 3.63) is 70.8 Å². The Balaban J connectivity index is 1.59. The highest BCUT2D eigenvalue weighted by atomic mass is 19.4. The highest BCUT2D eigenvalue weighted by Gasteiger charge is 2.46. The summed E-state index contributed by atoms with van der Waals surface area (Å²) in [5.74, 6) is 0. The first-order valence-electron chi connectivity index (χ1n) is 10.6. The van der Waals surface area contributed by atoms with E-state index in [0.717, 1.165) is 23.3 Å². The van der Waals surface area contributed by atoms with E-state index in [9.17, 15) is 13.2 Å². The van der Waals surface area contributed by atoms with Crippen molar-refractivity contribution in [3.8, 4) is 0 Å². The Morgan fingerprint density at radius 3 is 1.76 bits per heavy atom. The fourth-order valence-electron chi connectivity index (χ4n) is 3.72. The van der Waals surface area contributed by atoms with Gasteiger partial charge in [0.1, 0.15) is 12.2 Å². The summed E-state index contributed by atoms with van der Waals surface area (Å²) in [5.41, 5.74) is 1.68. The summed E-state index contributed by atoms with van der Waals surface area (Å²) in [6.07, 6.45) is -1.48. The topological polar surface area (TPSA) is 58.5 Å². The summed E-state index contributed by atoms with van der Waals surface area (Å²) in [7, 11) is 4.71. The average molecular weight is 479 g/mol. The zero-order valence-corrected chi connectivity index (χ0v) is 19.4. The lowest BCUT2D eigenvalue weighted by molar-refractivity contribution is -0.305. The van der Waals surface area contributed by atoms with Crippen LogP contribution in [-0.4, -0.2) is 58.2 Å². The molecular formula is C25H28F3NO5. The normalized spacial score (nSPS) is 25.8. The van der Waals surface area contributed by atoms with Crippen LogP contribution in [0, 0.1) is 0 Å². The van der Waals surface area contributed by atoms with Crippen molar-refractivity contribution in [2.24, 2.45) is 5.16 Å². The van der Waals surface area contributed by atoms with Crippen molar-refractivity contribution in [3.63, 3.8) is 0 Å². The number of oxime groups is 1. The second-order valence-electron chi connectivity index (χ2n) is 7.77. The van der Waals surface area contributed by atoms with Gasteiger partial charge in [-0.1, -0.05) is 53.7 Å². The molecule has 0 N–H and O–H groups in total. The molecule has 1 fully saturated rings. The van der Waals surface area contributed by atoms with E-state index in [-0.39, 0.29) is 18.3 Å². The molecule has 0 aromatic heterocycles. The molecule has 0 radical (unpaired) electrons. The van der Waals surface area contributed by atoms with Crippen molar-refractivity contribution in [1.82, 2.24) is 0 Å². The van der Waals surface area contributed by atoms with E-state index in [1.807, 2.05) is 37.3 Å². The highest BCUT2D eigenvalue weighted by Crippen LogP contribution is 2.29. The molecule has 2 aromatic rings. The molecule has 0 saturated carbocycles. The zero-order valence-electron chi connectivity index (χ0n) is 19.4. The minimum absolute atomic E-state index is 0.280. The highest BCUT2D eigenvalue weighted by molar-refractivity contribution is 5.80. The minimum atomic E-state index is -4.34. The lowest BCUT2D eigenvalue weighted by atomic mass is 9.99. The molecule has 1 aliphatic heterocycles. The maximum absolute atomic E-state index is 12.7. The van der Waals surface area contributed by atoms with Crippen LogP contribution in [0.15, 0.2) is 53.7 Å². The maximum atomic E-state index is 12.7. The Morgan fingerprint density at radius 2 is 1.26 bits per heavy atom. The van der Waals surface area contributed by atoms with Gasteiger partial charge in [0.2, 0.25) is 0 Å². The first kappa shape index (κ1) is 25.9. The van der Waals surface area contributed by atoms with Crippen LogP contribution in [0.1, 0.15) is 29.2 Å². The molecule has 3 rings (SSSR count). The molecule has 9 heteroatoms. The number of rotatable bonds is 8. The smallest absolute Gasteiger partial charge is 0.376 e. The number of alkyl halides is 3. The number of methoxy groups -OCH3 is 3. The molecule has 0 aliphatic carbocycles. The Bertz CT molecular complexity index is 960. The van der Waals surface area contributed by atoms with Crippen LogP contribution in [-0.2, 0) is 30.0 Å². The summed E-state index contributed by atoms with van der Waals surface area (Å²) in [5, 5.41) is 4.03. The molecule has 1 heterocycles. The van der Waals surface area contributed by atoms with Crippen LogP contribution in [0.25, 0.3) is 12.2 Å². The van der Waals surface area contributed by atoms with Crippen molar-refractivity contribution < 1.29 is 37.0 Å². The van der Waals surface area contributed by atoms with E-state index in [1.54, 1.807) is 33.6 Å². The third-order valence-corrected chi connectivity index (χ3v) is 5.55. The van der Waals surface area contributed by atoms with E-state index in [2.05, 4.69) is 5.16 Å². The summed E-state index contributed by atoms with van der Waals surface area (Å²) < 4.78 is 60.3. The Labute approximate surface area is 196 Å². The molecule has 0 amide bonds. The van der Waals surface area contributed by atoms with E-state index >= 15 is 0 Å². The molecule has 6 nitrogen and oxygen atoms in total. The van der Waals surface area contributed by atoms with Gasteiger partial charge >= 0.3 is 6.18 Å². The Kier molecular flexibility index (Phi) is 8.84. The number of hydrogen-bond donors (Lipinski definition) is 0. The molecule has 5 unspecified atom stereocenters. The van der Waals surface area contributed by atoms with Crippen molar-refractivity contribution >= 4 is 18.4 Å². The SMILES string of the molecule is COC1C(C)OC(ON=Cc2ccc(C=Cc3ccc(C(F)(F)F)cc3)cc2)C(OC)C1OC. The lowest BCUT2D eigenvalue weighted by Gasteiger charge is -2.42. The van der Waals surface area contributed by atoms with Crippen LogP contribution >= 0.6 is 0 Å². The summed E-state index contributed by atoms with van der Waals surface area (Å²) in [6.45, 7) is 1.86. The second kappa shape index (κ2) is 11.6. The third-order valence-electron chi connectivity index (χ3n) is 5.55. The van der Waals surface area contributed by atoms with Gasteiger partial charge in [0, 0.05) is 21.3 Å². The standard InChI is InChI=1S/C25H28F3NO5/c1-16-21(30-2)22(31-3)23(32-4)24(33-16)34-29-15-19-9-7-17(8-10-19)5-6-18-11-13-20(14-12-18)25(26,27)28/h5-16,21-24H,1-4H3. The first-order valence-corrected chi connectivity index (χ1v) is 10.6. The van der Waals surface area contributed by atoms with Gasteiger partial charge in [-0.3, -0.25) is 0 Å². The Hall–Kier alpha value is -2.72. The van der Waals surface area contributed by atoms with Gasteiger partial charge in [-0.2, -0.15) is 13.2 Å². The zero-order chi connectivity index (χ0) is 24.7. The molecule has 0 bridgehead atoms. The molecular weight excluding hydrogens is 451 g/mol. The predicted octanol–water partition coefficient (Wildman–Crippen LogP) is 5.02. The van der Waals surface area contributed by atoms with E-state index in [4.69, 9.17) is 23.8 Å². The molecule has 2 aromatic carbocycles. The summed E-state index contributed by atoms with van der Waals surface area (Å²) in [4.78, 5) is 5.55. The molecule has 1 aliphatic rings. The van der Waals surface area contributed by atoms with E-state index in [1.165, 1.54) is 12.1 Å². The van der Waals surface area contributed by atoms with Gasteiger partial charge in [-0.15, -0.1) is 0 Å². The monoisotopic (exact) mass is 479 g/mol. The van der Waals surface area contributed by atoms with Gasteiger partial charge in [0.25, 0.3) is 6.29 Å². The second-order valence-corrected chi connectivity index (χ2v) is 7.77. The van der Waals surface area contributed by atoms with Crippen LogP contribution in [0.5, 0.6) is 0 Å². The number of nitrogens with zero attached hydrogens (tertiary/aromatic N) is 1. The van der Waals surface area contributed by atoms with Crippen molar-refractivity contribution in [2.75, 3.05) is 21.3 Å². The molecule has 5 atom stereocenters. The fraction of sp³-hybridized carbons (Fsp3) is 0.400. The number of ether oxygens (including phenoxy) is 4.